The minimum Gasteiger partial charge on any atom is -0.493 e. The normalized spacial score (nSPS) is 10.2. The molecule has 0 aliphatic carbocycles. The van der Waals surface area contributed by atoms with Crippen LogP contribution < -0.4 is 15.4 Å². The SMILES string of the molecule is CCCCCCOc1ccccc1C(=O)NC(=S)Nc1ccc(Cl)cc1. The van der Waals surface area contributed by atoms with E-state index in [1.165, 1.54) is 12.8 Å². The van der Waals surface area contributed by atoms with Crippen molar-refractivity contribution < 1.29 is 9.53 Å². The molecule has 0 aliphatic heterocycles. The van der Waals surface area contributed by atoms with Gasteiger partial charge in [0.25, 0.3) is 5.91 Å². The summed E-state index contributed by atoms with van der Waals surface area (Å²) >= 11 is 11.1. The van der Waals surface area contributed by atoms with E-state index >= 15 is 0 Å². The molecule has 2 rings (SSSR count). The van der Waals surface area contributed by atoms with Gasteiger partial charge in [-0.1, -0.05) is 49.9 Å². The average molecular weight is 391 g/mol. The van der Waals surface area contributed by atoms with Crippen LogP contribution in [0, 0.1) is 0 Å². The van der Waals surface area contributed by atoms with E-state index in [2.05, 4.69) is 17.6 Å². The number of carbonyl (C=O) groups is 1. The fourth-order valence-corrected chi connectivity index (χ4v) is 2.69. The minimum absolute atomic E-state index is 0.218. The summed E-state index contributed by atoms with van der Waals surface area (Å²) in [5.74, 6) is 0.261. The van der Waals surface area contributed by atoms with Crippen LogP contribution in [0.15, 0.2) is 48.5 Å². The molecule has 26 heavy (non-hydrogen) atoms. The first-order chi connectivity index (χ1) is 12.6. The van der Waals surface area contributed by atoms with Gasteiger partial charge < -0.3 is 10.1 Å². The highest BCUT2D eigenvalue weighted by Crippen LogP contribution is 2.19. The number of halogens is 1. The summed E-state index contributed by atoms with van der Waals surface area (Å²) in [7, 11) is 0. The van der Waals surface area contributed by atoms with E-state index in [4.69, 9.17) is 28.6 Å². The fourth-order valence-electron chi connectivity index (χ4n) is 2.36. The predicted molar refractivity (Wildman–Crippen MR) is 111 cm³/mol. The minimum atomic E-state index is -0.305. The zero-order valence-corrected chi connectivity index (χ0v) is 16.3. The summed E-state index contributed by atoms with van der Waals surface area (Å²) in [5, 5.41) is 6.49. The summed E-state index contributed by atoms with van der Waals surface area (Å²) in [6, 6.07) is 14.2. The van der Waals surface area contributed by atoms with E-state index in [-0.39, 0.29) is 11.0 Å². The third-order valence-electron chi connectivity index (χ3n) is 3.72. The number of thiocarbonyl (C=S) groups is 1. The Morgan fingerprint density at radius 2 is 1.81 bits per heavy atom. The lowest BCUT2D eigenvalue weighted by atomic mass is 10.2. The maximum Gasteiger partial charge on any atom is 0.261 e. The standard InChI is InChI=1S/C20H23ClN2O2S/c1-2-3-4-7-14-25-18-9-6-5-8-17(18)19(24)23-20(26)22-16-12-10-15(21)11-13-16/h5-6,8-13H,2-4,7,14H2,1H3,(H2,22,23,24,26). The number of amides is 1. The smallest absolute Gasteiger partial charge is 0.261 e. The van der Waals surface area contributed by atoms with Crippen molar-refractivity contribution in [1.82, 2.24) is 5.32 Å². The number of rotatable bonds is 8. The van der Waals surface area contributed by atoms with Gasteiger partial charge in [-0.15, -0.1) is 0 Å². The lowest BCUT2D eigenvalue weighted by Crippen LogP contribution is -2.34. The summed E-state index contributed by atoms with van der Waals surface area (Å²) in [4.78, 5) is 12.5. The Kier molecular flexibility index (Phi) is 8.38. The van der Waals surface area contributed by atoms with Gasteiger partial charge in [0.2, 0.25) is 0 Å². The Balaban J connectivity index is 1.91. The van der Waals surface area contributed by atoms with Gasteiger partial charge in [-0.05, 0) is 55.0 Å². The molecule has 2 N–H and O–H groups in total. The summed E-state index contributed by atoms with van der Waals surface area (Å²) in [5.41, 5.74) is 1.21. The largest absolute Gasteiger partial charge is 0.493 e. The van der Waals surface area contributed by atoms with Crippen molar-refractivity contribution in [1.29, 1.82) is 0 Å². The van der Waals surface area contributed by atoms with Gasteiger partial charge >= 0.3 is 0 Å². The van der Waals surface area contributed by atoms with Crippen LogP contribution in [-0.2, 0) is 0 Å². The molecule has 0 aromatic heterocycles. The van der Waals surface area contributed by atoms with Gasteiger partial charge in [0, 0.05) is 10.7 Å². The molecule has 138 valence electrons. The molecular formula is C20H23ClN2O2S. The zero-order valence-electron chi connectivity index (χ0n) is 14.8. The molecule has 4 nitrogen and oxygen atoms in total. The lowest BCUT2D eigenvalue weighted by Gasteiger charge is -2.13. The second-order valence-corrected chi connectivity index (χ2v) is 6.67. The van der Waals surface area contributed by atoms with Crippen LogP contribution in [0.1, 0.15) is 43.0 Å². The van der Waals surface area contributed by atoms with Crippen LogP contribution in [-0.4, -0.2) is 17.6 Å². The van der Waals surface area contributed by atoms with Gasteiger partial charge in [-0.3, -0.25) is 10.1 Å². The van der Waals surface area contributed by atoms with Gasteiger partial charge in [0.15, 0.2) is 5.11 Å². The molecule has 0 saturated carbocycles. The van der Waals surface area contributed by atoms with Crippen molar-refractivity contribution >= 4 is 40.5 Å². The first kappa shape index (κ1) is 20.2. The molecule has 0 saturated heterocycles. The van der Waals surface area contributed by atoms with E-state index in [1.807, 2.05) is 6.07 Å². The highest BCUT2D eigenvalue weighted by molar-refractivity contribution is 7.80. The van der Waals surface area contributed by atoms with Crippen molar-refractivity contribution in [2.45, 2.75) is 32.6 Å². The van der Waals surface area contributed by atoms with E-state index in [1.54, 1.807) is 42.5 Å². The Morgan fingerprint density at radius 1 is 1.08 bits per heavy atom. The number of carbonyl (C=O) groups excluding carboxylic acids is 1. The maximum atomic E-state index is 12.5. The first-order valence-corrected chi connectivity index (χ1v) is 9.48. The number of nitrogens with one attached hydrogen (secondary N) is 2. The number of benzene rings is 2. The van der Waals surface area contributed by atoms with Gasteiger partial charge in [0.1, 0.15) is 5.75 Å². The number of hydrogen-bond donors (Lipinski definition) is 2. The van der Waals surface area contributed by atoms with Crippen molar-refractivity contribution in [2.75, 3.05) is 11.9 Å². The zero-order chi connectivity index (χ0) is 18.8. The summed E-state index contributed by atoms with van der Waals surface area (Å²) < 4.78 is 5.78. The van der Waals surface area contributed by atoms with Gasteiger partial charge in [-0.25, -0.2) is 0 Å². The predicted octanol–water partition coefficient (Wildman–Crippen LogP) is 5.43. The number of para-hydroxylation sites is 1. The van der Waals surface area contributed by atoms with Crippen molar-refractivity contribution in [3.05, 3.63) is 59.1 Å². The molecule has 0 radical (unpaired) electrons. The highest BCUT2D eigenvalue weighted by atomic mass is 35.5. The van der Waals surface area contributed by atoms with E-state index < -0.39 is 0 Å². The molecule has 0 bridgehead atoms. The fraction of sp³-hybridized carbons (Fsp3) is 0.300. The number of ether oxygens (including phenoxy) is 1. The molecule has 0 heterocycles. The van der Waals surface area contributed by atoms with E-state index in [0.717, 1.165) is 18.5 Å². The van der Waals surface area contributed by atoms with Crippen LogP contribution in [0.4, 0.5) is 5.69 Å². The Morgan fingerprint density at radius 3 is 2.54 bits per heavy atom. The lowest BCUT2D eigenvalue weighted by molar-refractivity contribution is 0.0973. The molecule has 1 amide bonds. The van der Waals surface area contributed by atoms with Crippen molar-refractivity contribution in [3.8, 4) is 5.75 Å². The molecule has 2 aromatic carbocycles. The number of unbranched alkanes of at least 4 members (excludes halogenated alkanes) is 3. The molecule has 2 aromatic rings. The molecule has 0 fully saturated rings. The Bertz CT molecular complexity index is 735. The number of hydrogen-bond acceptors (Lipinski definition) is 3. The van der Waals surface area contributed by atoms with Gasteiger partial charge in [0.05, 0.1) is 12.2 Å². The van der Waals surface area contributed by atoms with Crippen LogP contribution in [0.2, 0.25) is 5.02 Å². The number of anilines is 1. The Labute approximate surface area is 164 Å². The molecular weight excluding hydrogens is 368 g/mol. The maximum absolute atomic E-state index is 12.5. The highest BCUT2D eigenvalue weighted by Gasteiger charge is 2.13. The van der Waals surface area contributed by atoms with Crippen molar-refractivity contribution in [2.24, 2.45) is 0 Å². The molecule has 0 aliphatic rings. The summed E-state index contributed by atoms with van der Waals surface area (Å²) in [6.07, 6.45) is 4.47. The molecule has 6 heteroatoms. The third-order valence-corrected chi connectivity index (χ3v) is 4.17. The Hall–Kier alpha value is -2.11. The quantitative estimate of drug-likeness (QED) is 0.466. The van der Waals surface area contributed by atoms with Crippen LogP contribution in [0.25, 0.3) is 0 Å². The van der Waals surface area contributed by atoms with Crippen LogP contribution in [0.3, 0.4) is 0 Å². The van der Waals surface area contributed by atoms with Crippen LogP contribution in [0.5, 0.6) is 5.75 Å². The topological polar surface area (TPSA) is 50.4 Å². The second kappa shape index (κ2) is 10.8. The summed E-state index contributed by atoms with van der Waals surface area (Å²) in [6.45, 7) is 2.76. The van der Waals surface area contributed by atoms with Gasteiger partial charge in [-0.2, -0.15) is 0 Å². The second-order valence-electron chi connectivity index (χ2n) is 5.82. The van der Waals surface area contributed by atoms with E-state index in [9.17, 15) is 4.79 Å². The molecule has 0 unspecified atom stereocenters. The van der Waals surface area contributed by atoms with Crippen molar-refractivity contribution in [3.63, 3.8) is 0 Å². The van der Waals surface area contributed by atoms with E-state index in [0.29, 0.717) is 22.9 Å². The average Bonchev–Trinajstić information content (AvgIpc) is 2.63. The molecule has 0 spiro atoms. The molecule has 0 atom stereocenters. The van der Waals surface area contributed by atoms with Crippen LogP contribution >= 0.6 is 23.8 Å². The third kappa shape index (κ3) is 6.65. The first-order valence-electron chi connectivity index (χ1n) is 8.70. The monoisotopic (exact) mass is 390 g/mol.